The number of carbonyl (C=O) groups is 1. The second kappa shape index (κ2) is 8.08. The van der Waals surface area contributed by atoms with Gasteiger partial charge in [-0.2, -0.15) is 0 Å². The number of methoxy groups -OCH3 is 2. The summed E-state index contributed by atoms with van der Waals surface area (Å²) < 4.78 is 10.8. The molecule has 2 heterocycles. The maximum atomic E-state index is 13.0. The Hall–Kier alpha value is -3.52. The van der Waals surface area contributed by atoms with Gasteiger partial charge in [-0.3, -0.25) is 10.1 Å². The number of anilines is 3. The Labute approximate surface area is 178 Å². The smallest absolute Gasteiger partial charge is 0.258 e. The van der Waals surface area contributed by atoms with Gasteiger partial charge in [-0.05, 0) is 25.1 Å². The molecule has 1 amide bonds. The summed E-state index contributed by atoms with van der Waals surface area (Å²) in [4.78, 5) is 19.2. The molecule has 2 aromatic carbocycles. The second-order valence-corrected chi connectivity index (χ2v) is 7.58. The zero-order valence-corrected chi connectivity index (χ0v) is 17.6. The summed E-state index contributed by atoms with van der Waals surface area (Å²) >= 11 is 1.34. The van der Waals surface area contributed by atoms with Gasteiger partial charge in [0.2, 0.25) is 0 Å². The fourth-order valence-corrected chi connectivity index (χ4v) is 4.05. The van der Waals surface area contributed by atoms with Crippen molar-refractivity contribution in [2.75, 3.05) is 31.0 Å². The summed E-state index contributed by atoms with van der Waals surface area (Å²) in [5.74, 6) is 0.510. The van der Waals surface area contributed by atoms with Crippen LogP contribution in [-0.2, 0) is 4.79 Å². The van der Waals surface area contributed by atoms with Crippen LogP contribution in [0.3, 0.4) is 0 Å². The molecule has 154 valence electrons. The number of aromatic nitrogens is 1. The van der Waals surface area contributed by atoms with E-state index in [1.165, 1.54) is 18.4 Å². The Balaban J connectivity index is 1.82. The molecule has 0 fully saturated rings. The van der Waals surface area contributed by atoms with Crippen molar-refractivity contribution >= 4 is 39.5 Å². The Morgan fingerprint density at radius 1 is 1.17 bits per heavy atom. The second-order valence-electron chi connectivity index (χ2n) is 6.72. The van der Waals surface area contributed by atoms with E-state index in [0.29, 0.717) is 22.2 Å². The van der Waals surface area contributed by atoms with Crippen LogP contribution in [0.15, 0.2) is 53.4 Å². The highest BCUT2D eigenvalue weighted by Crippen LogP contribution is 2.44. The van der Waals surface area contributed by atoms with Gasteiger partial charge in [-0.25, -0.2) is 4.98 Å². The van der Waals surface area contributed by atoms with E-state index >= 15 is 0 Å². The molecule has 0 spiro atoms. The summed E-state index contributed by atoms with van der Waals surface area (Å²) in [6, 6.07) is 13.1. The first-order valence-corrected chi connectivity index (χ1v) is 10.1. The third-order valence-electron chi connectivity index (χ3n) is 4.83. The maximum Gasteiger partial charge on any atom is 0.258 e. The van der Waals surface area contributed by atoms with Crippen LogP contribution < -0.4 is 19.7 Å². The van der Waals surface area contributed by atoms with Crippen molar-refractivity contribution < 1.29 is 19.4 Å². The van der Waals surface area contributed by atoms with Crippen LogP contribution >= 0.6 is 11.3 Å². The molecule has 0 atom stereocenters. The Morgan fingerprint density at radius 3 is 2.50 bits per heavy atom. The van der Waals surface area contributed by atoms with Gasteiger partial charge >= 0.3 is 0 Å². The molecular formula is C22H21N3O4S. The molecule has 2 N–H and O–H groups in total. The number of rotatable bonds is 5. The lowest BCUT2D eigenvalue weighted by Gasteiger charge is -2.33. The van der Waals surface area contributed by atoms with Crippen molar-refractivity contribution in [3.63, 3.8) is 0 Å². The van der Waals surface area contributed by atoms with Gasteiger partial charge in [0.25, 0.3) is 5.91 Å². The number of fused-ring (bicyclic) bond motifs is 1. The monoisotopic (exact) mass is 423 g/mol. The highest BCUT2D eigenvalue weighted by Gasteiger charge is 2.31. The zero-order valence-electron chi connectivity index (χ0n) is 16.8. The van der Waals surface area contributed by atoms with Crippen molar-refractivity contribution in [3.8, 4) is 11.5 Å². The van der Waals surface area contributed by atoms with Crippen LogP contribution in [-0.4, -0.2) is 36.8 Å². The van der Waals surface area contributed by atoms with Crippen LogP contribution in [0.2, 0.25) is 0 Å². The van der Waals surface area contributed by atoms with E-state index in [4.69, 9.17) is 9.47 Å². The first kappa shape index (κ1) is 19.8. The standard InChI is InChI=1S/C22H21N3O4S/c1-13-12-30-22(23-13)24-21(27)16-11-25(14-7-5-4-6-8-14)17-10-19(29-3)18(28-2)9-15(17)20(16)26/h4-10,12,26H,11H2,1-3H3,(H,23,24,27). The first-order valence-electron chi connectivity index (χ1n) is 9.26. The summed E-state index contributed by atoms with van der Waals surface area (Å²) in [5, 5.41) is 16.1. The van der Waals surface area contributed by atoms with Crippen LogP contribution in [0.5, 0.6) is 11.5 Å². The topological polar surface area (TPSA) is 83.9 Å². The molecule has 0 unspecified atom stereocenters. The van der Waals surface area contributed by atoms with Crippen LogP contribution in [0.4, 0.5) is 16.5 Å². The van der Waals surface area contributed by atoms with E-state index in [1.807, 2.05) is 47.5 Å². The molecule has 1 aromatic heterocycles. The van der Waals surface area contributed by atoms with Crippen molar-refractivity contribution in [2.24, 2.45) is 0 Å². The van der Waals surface area contributed by atoms with Crippen molar-refractivity contribution in [2.45, 2.75) is 6.92 Å². The van der Waals surface area contributed by atoms with Gasteiger partial charge in [-0.1, -0.05) is 18.2 Å². The van der Waals surface area contributed by atoms with Gasteiger partial charge in [0.1, 0.15) is 5.76 Å². The molecule has 1 aliphatic rings. The highest BCUT2D eigenvalue weighted by atomic mass is 32.1. The predicted molar refractivity (Wildman–Crippen MR) is 118 cm³/mol. The molecule has 4 rings (SSSR count). The number of thiazole rings is 1. The number of carbonyl (C=O) groups excluding carboxylic acids is 1. The molecule has 7 nitrogen and oxygen atoms in total. The third-order valence-corrected chi connectivity index (χ3v) is 5.71. The van der Waals surface area contributed by atoms with E-state index in [2.05, 4.69) is 10.3 Å². The molecular weight excluding hydrogens is 402 g/mol. The van der Waals surface area contributed by atoms with Crippen LogP contribution in [0.1, 0.15) is 11.3 Å². The average Bonchev–Trinajstić information content (AvgIpc) is 3.18. The number of hydrogen-bond acceptors (Lipinski definition) is 7. The lowest BCUT2D eigenvalue weighted by atomic mass is 9.98. The normalized spacial score (nSPS) is 13.1. The van der Waals surface area contributed by atoms with E-state index < -0.39 is 5.91 Å². The molecule has 0 bridgehead atoms. The number of nitrogens with one attached hydrogen (secondary N) is 1. The van der Waals surface area contributed by atoms with Gasteiger partial charge < -0.3 is 19.5 Å². The first-order chi connectivity index (χ1) is 14.5. The number of para-hydroxylation sites is 1. The van der Waals surface area contributed by atoms with Gasteiger partial charge in [0.05, 0.1) is 37.7 Å². The van der Waals surface area contributed by atoms with Crippen LogP contribution in [0, 0.1) is 6.92 Å². The van der Waals surface area contributed by atoms with Gasteiger partial charge in [0.15, 0.2) is 16.6 Å². The Morgan fingerprint density at radius 2 is 1.87 bits per heavy atom. The number of ether oxygens (including phenoxy) is 2. The minimum Gasteiger partial charge on any atom is -0.507 e. The predicted octanol–water partition coefficient (Wildman–Crippen LogP) is 4.53. The quantitative estimate of drug-likeness (QED) is 0.627. The summed E-state index contributed by atoms with van der Waals surface area (Å²) in [5.41, 5.74) is 3.16. The zero-order chi connectivity index (χ0) is 21.3. The van der Waals surface area contributed by atoms with E-state index in [9.17, 15) is 9.90 Å². The number of hydrogen-bond donors (Lipinski definition) is 2. The lowest BCUT2D eigenvalue weighted by Crippen LogP contribution is -2.31. The van der Waals surface area contributed by atoms with Crippen molar-refractivity contribution in [1.82, 2.24) is 4.98 Å². The molecule has 8 heteroatoms. The largest absolute Gasteiger partial charge is 0.507 e. The Bertz CT molecular complexity index is 1120. The lowest BCUT2D eigenvalue weighted by molar-refractivity contribution is -0.112. The summed E-state index contributed by atoms with van der Waals surface area (Å²) in [7, 11) is 3.09. The number of aliphatic hydroxyl groups is 1. The number of nitrogens with zero attached hydrogens (tertiary/aromatic N) is 2. The minimum absolute atomic E-state index is 0.0936. The average molecular weight is 423 g/mol. The molecule has 3 aromatic rings. The number of amides is 1. The van der Waals surface area contributed by atoms with Crippen LogP contribution in [0.25, 0.3) is 5.76 Å². The number of aliphatic hydroxyl groups excluding tert-OH is 1. The van der Waals surface area contributed by atoms with E-state index in [-0.39, 0.29) is 17.9 Å². The van der Waals surface area contributed by atoms with Crippen molar-refractivity contribution in [1.29, 1.82) is 0 Å². The SMILES string of the molecule is COc1cc2c(cc1OC)N(c1ccccc1)CC(C(=O)Nc1nc(C)cs1)=C2O. The molecule has 0 aliphatic carbocycles. The summed E-state index contributed by atoms with van der Waals surface area (Å²) in [6.45, 7) is 2.05. The minimum atomic E-state index is -0.400. The fraction of sp³-hybridized carbons (Fsp3) is 0.182. The third kappa shape index (κ3) is 3.57. The summed E-state index contributed by atoms with van der Waals surface area (Å²) in [6.07, 6.45) is 0. The van der Waals surface area contributed by atoms with Crippen molar-refractivity contribution in [3.05, 3.63) is 64.7 Å². The fourth-order valence-electron chi connectivity index (χ4n) is 3.36. The van der Waals surface area contributed by atoms with Gasteiger partial charge in [-0.15, -0.1) is 11.3 Å². The number of aryl methyl sites for hydroxylation is 1. The maximum absolute atomic E-state index is 13.0. The van der Waals surface area contributed by atoms with E-state index in [1.54, 1.807) is 19.2 Å². The van der Waals surface area contributed by atoms with Gasteiger partial charge in [0, 0.05) is 22.7 Å². The molecule has 30 heavy (non-hydrogen) atoms. The molecule has 0 saturated heterocycles. The molecule has 1 aliphatic heterocycles. The molecule has 0 saturated carbocycles. The molecule has 0 radical (unpaired) electrons. The highest BCUT2D eigenvalue weighted by molar-refractivity contribution is 7.13. The van der Waals surface area contributed by atoms with E-state index in [0.717, 1.165) is 17.1 Å². The number of benzene rings is 2. The Kier molecular flexibility index (Phi) is 5.33.